The zero-order valence-corrected chi connectivity index (χ0v) is 15.7. The van der Waals surface area contributed by atoms with Gasteiger partial charge in [0, 0.05) is 5.56 Å². The number of hydrogen-bond donors (Lipinski definition) is 1. The van der Waals surface area contributed by atoms with E-state index < -0.39 is 24.2 Å². The van der Waals surface area contributed by atoms with Gasteiger partial charge in [-0.2, -0.15) is 0 Å². The molecule has 0 aromatic heterocycles. The van der Waals surface area contributed by atoms with Crippen molar-refractivity contribution in [3.8, 4) is 16.9 Å². The molecule has 0 aliphatic carbocycles. The van der Waals surface area contributed by atoms with E-state index in [0.717, 1.165) is 28.8 Å². The van der Waals surface area contributed by atoms with Gasteiger partial charge in [0.15, 0.2) is 18.2 Å². The average Bonchev–Trinajstić information content (AvgIpc) is 2.68. The third-order valence-electron chi connectivity index (χ3n) is 4.65. The van der Waals surface area contributed by atoms with Crippen LogP contribution in [0.2, 0.25) is 0 Å². The van der Waals surface area contributed by atoms with E-state index in [-0.39, 0.29) is 23.6 Å². The minimum absolute atomic E-state index is 0.0649. The maximum atomic E-state index is 14.6. The van der Waals surface area contributed by atoms with Crippen LogP contribution in [0.25, 0.3) is 11.1 Å². The predicted molar refractivity (Wildman–Crippen MR) is 103 cm³/mol. The Labute approximate surface area is 166 Å². The smallest absolute Gasteiger partial charge is 0.341 e. The van der Waals surface area contributed by atoms with Crippen LogP contribution in [0.4, 0.5) is 13.2 Å². The van der Waals surface area contributed by atoms with Crippen LogP contribution in [0, 0.1) is 24.4 Å². The van der Waals surface area contributed by atoms with Gasteiger partial charge in [0.25, 0.3) is 0 Å². The van der Waals surface area contributed by atoms with Crippen molar-refractivity contribution >= 4 is 5.97 Å². The third kappa shape index (κ3) is 4.96. The van der Waals surface area contributed by atoms with Crippen molar-refractivity contribution in [1.82, 2.24) is 0 Å². The fourth-order valence-corrected chi connectivity index (χ4v) is 3.10. The highest BCUT2D eigenvalue weighted by atomic mass is 19.1. The second kappa shape index (κ2) is 8.82. The van der Waals surface area contributed by atoms with Gasteiger partial charge in [-0.25, -0.2) is 18.0 Å². The van der Waals surface area contributed by atoms with Crippen molar-refractivity contribution in [2.45, 2.75) is 19.8 Å². The molecule has 0 atom stereocenters. The lowest BCUT2D eigenvalue weighted by molar-refractivity contribution is -0.139. The Morgan fingerprint density at radius 3 is 2.45 bits per heavy atom. The lowest BCUT2D eigenvalue weighted by Gasteiger charge is -2.12. The van der Waals surface area contributed by atoms with Crippen molar-refractivity contribution in [2.75, 3.05) is 6.61 Å². The first kappa shape index (κ1) is 20.5. The van der Waals surface area contributed by atoms with E-state index in [1.54, 1.807) is 12.1 Å². The fraction of sp³-hybridized carbons (Fsp3) is 0.174. The van der Waals surface area contributed by atoms with Crippen LogP contribution in [-0.4, -0.2) is 17.7 Å². The van der Waals surface area contributed by atoms with Gasteiger partial charge in [0.05, 0.1) is 0 Å². The zero-order valence-electron chi connectivity index (χ0n) is 15.7. The summed E-state index contributed by atoms with van der Waals surface area (Å²) in [6, 6.07) is 14.0. The van der Waals surface area contributed by atoms with E-state index in [9.17, 15) is 18.0 Å². The van der Waals surface area contributed by atoms with Crippen LogP contribution in [0.3, 0.4) is 0 Å². The van der Waals surface area contributed by atoms with Crippen LogP contribution in [-0.2, 0) is 17.6 Å². The van der Waals surface area contributed by atoms with Crippen LogP contribution in [0.15, 0.2) is 54.6 Å². The van der Waals surface area contributed by atoms with Crippen LogP contribution in [0.5, 0.6) is 5.75 Å². The summed E-state index contributed by atoms with van der Waals surface area (Å²) in [5, 5.41) is 8.66. The number of aryl methyl sites for hydroxylation is 2. The van der Waals surface area contributed by atoms with Gasteiger partial charge in [0.2, 0.25) is 0 Å². The minimum atomic E-state index is -1.25. The van der Waals surface area contributed by atoms with Gasteiger partial charge in [-0.1, -0.05) is 30.3 Å². The summed E-state index contributed by atoms with van der Waals surface area (Å²) in [5.74, 6) is -3.50. The number of carbonyl (C=O) groups is 1. The summed E-state index contributed by atoms with van der Waals surface area (Å²) in [6.07, 6.45) is 0.417. The molecule has 0 heterocycles. The summed E-state index contributed by atoms with van der Waals surface area (Å²) in [6.45, 7) is 1.18. The Morgan fingerprint density at radius 1 is 0.966 bits per heavy atom. The zero-order chi connectivity index (χ0) is 21.0. The van der Waals surface area contributed by atoms with Gasteiger partial charge in [-0.05, 0) is 66.3 Å². The molecule has 3 aromatic rings. The van der Waals surface area contributed by atoms with Crippen molar-refractivity contribution in [2.24, 2.45) is 0 Å². The number of aliphatic carboxylic acids is 1. The van der Waals surface area contributed by atoms with Crippen molar-refractivity contribution in [1.29, 1.82) is 0 Å². The van der Waals surface area contributed by atoms with Gasteiger partial charge in [0.1, 0.15) is 11.6 Å². The molecule has 0 unspecified atom stereocenters. The van der Waals surface area contributed by atoms with Crippen molar-refractivity contribution < 1.29 is 27.8 Å². The SMILES string of the molecule is Cc1ccc(-c2cccc(F)c2)cc1CCc1c(F)ccc(OCC(=O)O)c1F. The predicted octanol–water partition coefficient (Wildman–Crippen LogP) is 5.33. The molecule has 0 aliphatic rings. The summed E-state index contributed by atoms with van der Waals surface area (Å²) >= 11 is 0. The summed E-state index contributed by atoms with van der Waals surface area (Å²) in [5.41, 5.74) is 3.19. The normalized spacial score (nSPS) is 10.8. The molecule has 6 heteroatoms. The molecule has 0 aliphatic heterocycles. The lowest BCUT2D eigenvalue weighted by atomic mass is 9.95. The van der Waals surface area contributed by atoms with Gasteiger partial charge in [-0.3, -0.25) is 0 Å². The number of hydrogen-bond acceptors (Lipinski definition) is 2. The van der Waals surface area contributed by atoms with Gasteiger partial charge in [-0.15, -0.1) is 0 Å². The van der Waals surface area contributed by atoms with E-state index in [2.05, 4.69) is 0 Å². The molecule has 0 saturated carbocycles. The molecule has 0 radical (unpaired) electrons. The largest absolute Gasteiger partial charge is 0.479 e. The molecule has 1 N–H and O–H groups in total. The highest BCUT2D eigenvalue weighted by Crippen LogP contribution is 2.27. The van der Waals surface area contributed by atoms with Crippen molar-refractivity contribution in [3.63, 3.8) is 0 Å². The second-order valence-corrected chi connectivity index (χ2v) is 6.67. The number of ether oxygens (including phenoxy) is 1. The monoisotopic (exact) mass is 400 g/mol. The maximum Gasteiger partial charge on any atom is 0.341 e. The highest BCUT2D eigenvalue weighted by molar-refractivity contribution is 5.68. The minimum Gasteiger partial charge on any atom is -0.479 e. The first-order valence-corrected chi connectivity index (χ1v) is 9.02. The van der Waals surface area contributed by atoms with Crippen LogP contribution < -0.4 is 4.74 Å². The van der Waals surface area contributed by atoms with Crippen LogP contribution in [0.1, 0.15) is 16.7 Å². The molecule has 0 spiro atoms. The molecular formula is C23H19F3O3. The Morgan fingerprint density at radius 2 is 1.72 bits per heavy atom. The van der Waals surface area contributed by atoms with E-state index in [1.165, 1.54) is 12.1 Å². The summed E-state index contributed by atoms with van der Waals surface area (Å²) < 4.78 is 47.1. The highest BCUT2D eigenvalue weighted by Gasteiger charge is 2.16. The number of benzene rings is 3. The number of carboxylic acids is 1. The Kier molecular flexibility index (Phi) is 6.22. The van der Waals surface area contributed by atoms with E-state index in [0.29, 0.717) is 12.0 Å². The van der Waals surface area contributed by atoms with E-state index in [4.69, 9.17) is 9.84 Å². The Bertz CT molecular complexity index is 1050. The molecule has 0 amide bonds. The molecule has 0 saturated heterocycles. The third-order valence-corrected chi connectivity index (χ3v) is 4.65. The molecule has 3 rings (SSSR count). The van der Waals surface area contributed by atoms with Gasteiger partial charge >= 0.3 is 5.97 Å². The quantitative estimate of drug-likeness (QED) is 0.583. The summed E-state index contributed by atoms with van der Waals surface area (Å²) in [4.78, 5) is 10.6. The Hall–Kier alpha value is -3.28. The molecule has 0 bridgehead atoms. The number of rotatable bonds is 7. The first-order valence-electron chi connectivity index (χ1n) is 9.02. The molecular weight excluding hydrogens is 381 g/mol. The standard InChI is InChI=1S/C23H19F3O3/c1-14-5-6-17(16-3-2-4-18(24)12-16)11-15(14)7-8-19-20(25)9-10-21(23(19)26)29-13-22(27)28/h2-6,9-12H,7-8,13H2,1H3,(H,27,28). The summed E-state index contributed by atoms with van der Waals surface area (Å²) in [7, 11) is 0. The fourth-order valence-electron chi connectivity index (χ4n) is 3.10. The Balaban J connectivity index is 1.83. The number of carboxylic acid groups (broad SMARTS) is 1. The molecule has 3 nitrogen and oxygen atoms in total. The molecule has 3 aromatic carbocycles. The molecule has 0 fully saturated rings. The first-order chi connectivity index (χ1) is 13.8. The van der Waals surface area contributed by atoms with Crippen LogP contribution >= 0.6 is 0 Å². The average molecular weight is 400 g/mol. The maximum absolute atomic E-state index is 14.6. The van der Waals surface area contributed by atoms with Gasteiger partial charge < -0.3 is 9.84 Å². The van der Waals surface area contributed by atoms with E-state index >= 15 is 0 Å². The molecule has 29 heavy (non-hydrogen) atoms. The lowest BCUT2D eigenvalue weighted by Crippen LogP contribution is -2.11. The number of halogens is 3. The topological polar surface area (TPSA) is 46.5 Å². The second-order valence-electron chi connectivity index (χ2n) is 6.67. The molecule has 150 valence electrons. The van der Waals surface area contributed by atoms with Crippen molar-refractivity contribution in [3.05, 3.63) is 88.7 Å². The van der Waals surface area contributed by atoms with E-state index in [1.807, 2.05) is 25.1 Å².